The van der Waals surface area contributed by atoms with E-state index in [2.05, 4.69) is 35.1 Å². The van der Waals surface area contributed by atoms with Crippen LogP contribution in [-0.4, -0.2) is 80.2 Å². The Labute approximate surface area is 211 Å². The summed E-state index contributed by atoms with van der Waals surface area (Å²) in [4.78, 5) is 44.5. The number of fused-ring (bicyclic) bond motifs is 2. The van der Waals surface area contributed by atoms with Gasteiger partial charge in [0.25, 0.3) is 0 Å². The lowest BCUT2D eigenvalue weighted by Crippen LogP contribution is -2.47. The minimum absolute atomic E-state index is 0.229. The van der Waals surface area contributed by atoms with E-state index < -0.39 is 6.09 Å². The van der Waals surface area contributed by atoms with Gasteiger partial charge in [-0.25, -0.2) is 19.7 Å². The maximum absolute atomic E-state index is 12.6. The van der Waals surface area contributed by atoms with Crippen molar-refractivity contribution in [2.75, 3.05) is 55.2 Å². The number of hydrogen-bond acceptors (Lipinski definition) is 11. The summed E-state index contributed by atoms with van der Waals surface area (Å²) >= 11 is 1.43. The molecule has 2 fully saturated rings. The minimum Gasteiger partial charge on any atom is -0.368 e. The van der Waals surface area contributed by atoms with E-state index in [1.807, 2.05) is 18.2 Å². The highest BCUT2D eigenvalue weighted by Gasteiger charge is 2.24. The number of likely N-dealkylation sites (tertiary alicyclic amines) is 1. The van der Waals surface area contributed by atoms with Gasteiger partial charge in [0.2, 0.25) is 5.95 Å². The zero-order valence-corrected chi connectivity index (χ0v) is 20.6. The quantitative estimate of drug-likeness (QED) is 0.368. The first-order chi connectivity index (χ1) is 17.6. The van der Waals surface area contributed by atoms with Gasteiger partial charge in [-0.05, 0) is 44.1 Å². The molecule has 1 amide bonds. The summed E-state index contributed by atoms with van der Waals surface area (Å²) in [5.41, 5.74) is 10.8. The van der Waals surface area contributed by atoms with Crippen LogP contribution in [0.4, 0.5) is 22.2 Å². The summed E-state index contributed by atoms with van der Waals surface area (Å²) in [5.74, 6) is 1.90. The third-order valence-corrected chi connectivity index (χ3v) is 7.27. The van der Waals surface area contributed by atoms with E-state index in [0.29, 0.717) is 31.9 Å². The van der Waals surface area contributed by atoms with Crippen molar-refractivity contribution in [3.8, 4) is 0 Å². The van der Waals surface area contributed by atoms with Crippen molar-refractivity contribution in [3.63, 3.8) is 0 Å². The molecule has 12 nitrogen and oxygen atoms in total. The van der Waals surface area contributed by atoms with Gasteiger partial charge in [-0.2, -0.15) is 4.98 Å². The maximum Gasteiger partial charge on any atom is 0.430 e. The summed E-state index contributed by atoms with van der Waals surface area (Å²) in [5, 5.41) is 4.48. The van der Waals surface area contributed by atoms with E-state index in [0.717, 1.165) is 52.7 Å². The van der Waals surface area contributed by atoms with Crippen LogP contribution in [-0.2, 0) is 11.4 Å². The lowest BCUT2D eigenvalue weighted by atomic mass is 10.1. The van der Waals surface area contributed by atoms with Crippen LogP contribution in [0.5, 0.6) is 0 Å². The number of piperazine rings is 1. The van der Waals surface area contributed by atoms with Crippen LogP contribution in [0.3, 0.4) is 0 Å². The Kier molecular flexibility index (Phi) is 6.25. The fraction of sp³-hybridized carbons (Fsp3) is 0.435. The number of aromatic amines is 1. The molecule has 2 saturated heterocycles. The smallest absolute Gasteiger partial charge is 0.368 e. The molecule has 2 aliphatic heterocycles. The molecule has 0 radical (unpaired) electrons. The molecular weight excluding hydrogens is 480 g/mol. The van der Waals surface area contributed by atoms with Gasteiger partial charge in [-0.15, -0.1) is 16.4 Å². The SMILES string of the molecule is Nc1nc(N2CCN(OC(=O)Nc3ccc4nc(CN5CCCCC5)[nH]c4c3)CC2)c2ncsc2n1. The standard InChI is InChI=1S/C23H28N10O2S/c24-22-29-20(19-21(30-22)36-14-25-19)32-8-10-33(11-9-32)35-23(34)26-15-4-5-16-17(12-15)28-18(27-16)13-31-6-2-1-3-7-31/h4-5,12,14H,1-3,6-11,13H2,(H,26,34)(H,27,28)(H2,24,29,30). The molecule has 0 bridgehead atoms. The lowest BCUT2D eigenvalue weighted by Gasteiger charge is -2.33. The van der Waals surface area contributed by atoms with Gasteiger partial charge in [0.05, 0.1) is 36.2 Å². The largest absolute Gasteiger partial charge is 0.430 e. The van der Waals surface area contributed by atoms with Crippen LogP contribution in [0.2, 0.25) is 0 Å². The van der Waals surface area contributed by atoms with E-state index in [4.69, 9.17) is 15.6 Å². The highest BCUT2D eigenvalue weighted by molar-refractivity contribution is 7.16. The summed E-state index contributed by atoms with van der Waals surface area (Å²) in [6.45, 7) is 5.36. The number of carbonyl (C=O) groups is 1. The van der Waals surface area contributed by atoms with Crippen LogP contribution in [0.25, 0.3) is 21.4 Å². The predicted molar refractivity (Wildman–Crippen MR) is 139 cm³/mol. The third kappa shape index (κ3) is 4.90. The number of nitrogens with two attached hydrogens (primary N) is 1. The summed E-state index contributed by atoms with van der Waals surface area (Å²) in [6.07, 6.45) is 3.28. The Morgan fingerprint density at radius 2 is 1.92 bits per heavy atom. The number of hydrogen-bond donors (Lipinski definition) is 3. The van der Waals surface area contributed by atoms with E-state index in [1.54, 1.807) is 10.6 Å². The van der Waals surface area contributed by atoms with Crippen molar-refractivity contribution in [1.29, 1.82) is 0 Å². The summed E-state index contributed by atoms with van der Waals surface area (Å²) < 4.78 is 0. The monoisotopic (exact) mass is 508 g/mol. The number of H-pyrrole nitrogens is 1. The van der Waals surface area contributed by atoms with Crippen molar-refractivity contribution < 1.29 is 9.63 Å². The van der Waals surface area contributed by atoms with Gasteiger partial charge in [-0.1, -0.05) is 6.42 Å². The predicted octanol–water partition coefficient (Wildman–Crippen LogP) is 2.82. The molecule has 1 aromatic carbocycles. The van der Waals surface area contributed by atoms with E-state index in [9.17, 15) is 4.79 Å². The molecule has 4 N–H and O–H groups in total. The number of nitrogen functional groups attached to an aromatic ring is 1. The highest BCUT2D eigenvalue weighted by atomic mass is 32.1. The Morgan fingerprint density at radius 3 is 2.75 bits per heavy atom. The molecule has 4 aromatic rings. The average molecular weight is 509 g/mol. The maximum atomic E-state index is 12.6. The van der Waals surface area contributed by atoms with Gasteiger partial charge in [0, 0.05) is 18.8 Å². The molecule has 0 unspecified atom stereocenters. The Morgan fingerprint density at radius 1 is 1.08 bits per heavy atom. The number of piperidine rings is 1. The lowest BCUT2D eigenvalue weighted by molar-refractivity contribution is -0.0966. The molecule has 13 heteroatoms. The topological polar surface area (TPSA) is 141 Å². The molecule has 0 atom stereocenters. The molecule has 0 aliphatic carbocycles. The Bertz CT molecular complexity index is 1370. The number of nitrogens with zero attached hydrogens (tertiary/aromatic N) is 7. The van der Waals surface area contributed by atoms with Crippen LogP contribution in [0.15, 0.2) is 23.7 Å². The molecule has 2 aliphatic rings. The first-order valence-corrected chi connectivity index (χ1v) is 13.1. The Balaban J connectivity index is 1.04. The van der Waals surface area contributed by atoms with Crippen LogP contribution < -0.4 is 16.0 Å². The second kappa shape index (κ2) is 9.84. The van der Waals surface area contributed by atoms with Gasteiger partial charge < -0.3 is 20.5 Å². The zero-order chi connectivity index (χ0) is 24.5. The van der Waals surface area contributed by atoms with Gasteiger partial charge in [0.1, 0.15) is 11.3 Å². The Hall–Kier alpha value is -3.55. The van der Waals surface area contributed by atoms with Gasteiger partial charge >= 0.3 is 6.09 Å². The third-order valence-electron chi connectivity index (χ3n) is 6.55. The van der Waals surface area contributed by atoms with Gasteiger partial charge in [-0.3, -0.25) is 10.2 Å². The van der Waals surface area contributed by atoms with Crippen molar-refractivity contribution in [2.24, 2.45) is 0 Å². The van der Waals surface area contributed by atoms with Gasteiger partial charge in [0.15, 0.2) is 10.6 Å². The summed E-state index contributed by atoms with van der Waals surface area (Å²) in [7, 11) is 0. The molecular formula is C23H28N10O2S. The van der Waals surface area contributed by atoms with E-state index >= 15 is 0 Å². The number of benzene rings is 1. The number of imidazole rings is 1. The van der Waals surface area contributed by atoms with E-state index in [1.165, 1.54) is 30.6 Å². The molecule has 3 aromatic heterocycles. The second-order valence-corrected chi connectivity index (χ2v) is 9.92. The van der Waals surface area contributed by atoms with Crippen molar-refractivity contribution in [1.82, 2.24) is 34.9 Å². The van der Waals surface area contributed by atoms with Crippen LogP contribution in [0, 0.1) is 0 Å². The number of anilines is 3. The molecule has 5 heterocycles. The van der Waals surface area contributed by atoms with Crippen molar-refractivity contribution in [2.45, 2.75) is 25.8 Å². The summed E-state index contributed by atoms with van der Waals surface area (Å²) in [6, 6.07) is 5.64. The first kappa shape index (κ1) is 22.9. The van der Waals surface area contributed by atoms with Crippen LogP contribution in [0.1, 0.15) is 25.1 Å². The fourth-order valence-electron chi connectivity index (χ4n) is 4.78. The normalized spacial score (nSPS) is 17.6. The number of carbonyl (C=O) groups excluding carboxylic acids is 1. The average Bonchev–Trinajstić information content (AvgIpc) is 3.50. The number of hydroxylamine groups is 2. The number of aromatic nitrogens is 5. The molecule has 36 heavy (non-hydrogen) atoms. The molecule has 6 rings (SSSR count). The zero-order valence-electron chi connectivity index (χ0n) is 19.8. The van der Waals surface area contributed by atoms with Crippen molar-refractivity contribution in [3.05, 3.63) is 29.5 Å². The molecule has 0 saturated carbocycles. The first-order valence-electron chi connectivity index (χ1n) is 12.2. The highest BCUT2D eigenvalue weighted by Crippen LogP contribution is 2.27. The molecule has 0 spiro atoms. The number of nitrogens with one attached hydrogen (secondary N) is 2. The minimum atomic E-state index is -0.524. The molecule has 188 valence electrons. The van der Waals surface area contributed by atoms with Crippen LogP contribution >= 0.6 is 11.3 Å². The van der Waals surface area contributed by atoms with E-state index in [-0.39, 0.29) is 5.95 Å². The number of rotatable bonds is 5. The fourth-order valence-corrected chi connectivity index (χ4v) is 5.44. The van der Waals surface area contributed by atoms with Crippen molar-refractivity contribution >= 4 is 56.3 Å². The second-order valence-electron chi connectivity index (χ2n) is 9.08. The number of thiazole rings is 1. The number of amides is 1.